The number of rotatable bonds is 7. The van der Waals surface area contributed by atoms with E-state index in [0.29, 0.717) is 16.9 Å². The highest BCUT2D eigenvalue weighted by Crippen LogP contribution is 2.22. The Balaban J connectivity index is 1.83. The summed E-state index contributed by atoms with van der Waals surface area (Å²) in [6.07, 6.45) is 0. The first-order valence-corrected chi connectivity index (χ1v) is 8.93. The van der Waals surface area contributed by atoms with E-state index in [1.807, 2.05) is 12.1 Å². The minimum Gasteiger partial charge on any atom is -0.496 e. The average molecular weight is 383 g/mol. The first-order valence-electron chi connectivity index (χ1n) is 8.93. The van der Waals surface area contributed by atoms with Gasteiger partial charge in [-0.1, -0.05) is 45.0 Å². The lowest BCUT2D eigenvalue weighted by Crippen LogP contribution is -2.31. The lowest BCUT2D eigenvalue weighted by molar-refractivity contribution is -0.141. The molecule has 0 saturated heterocycles. The van der Waals surface area contributed by atoms with Crippen LogP contribution in [-0.2, 0) is 14.9 Å². The molecule has 0 unspecified atom stereocenters. The maximum Gasteiger partial charge on any atom is 0.325 e. The zero-order valence-electron chi connectivity index (χ0n) is 16.6. The van der Waals surface area contributed by atoms with Crippen LogP contribution in [0.15, 0.2) is 48.5 Å². The van der Waals surface area contributed by atoms with Crippen LogP contribution in [0.5, 0.6) is 5.75 Å². The lowest BCUT2D eigenvalue weighted by Gasteiger charge is -2.19. The Kier molecular flexibility index (Phi) is 6.93. The van der Waals surface area contributed by atoms with Gasteiger partial charge in [-0.05, 0) is 35.2 Å². The summed E-state index contributed by atoms with van der Waals surface area (Å²) in [6.45, 7) is 5.52. The number of benzene rings is 2. The molecule has 6 nitrogen and oxygen atoms in total. The van der Waals surface area contributed by atoms with Gasteiger partial charge in [-0.15, -0.1) is 0 Å². The smallest absolute Gasteiger partial charge is 0.325 e. The number of carbonyl (C=O) groups excluding carboxylic acids is 3. The van der Waals surface area contributed by atoms with Gasteiger partial charge < -0.3 is 14.8 Å². The Morgan fingerprint density at radius 3 is 2.21 bits per heavy atom. The monoisotopic (exact) mass is 383 g/mol. The number of para-hydroxylation sites is 1. The summed E-state index contributed by atoms with van der Waals surface area (Å²) >= 11 is 0. The van der Waals surface area contributed by atoms with Crippen molar-refractivity contribution in [3.63, 3.8) is 0 Å². The van der Waals surface area contributed by atoms with Crippen molar-refractivity contribution < 1.29 is 23.9 Å². The molecule has 2 rings (SSSR count). The summed E-state index contributed by atoms with van der Waals surface area (Å²) < 4.78 is 10.1. The van der Waals surface area contributed by atoms with Crippen molar-refractivity contribution in [3.05, 3.63) is 65.2 Å². The fourth-order valence-corrected chi connectivity index (χ4v) is 2.53. The summed E-state index contributed by atoms with van der Waals surface area (Å²) in [5.74, 6) is -1.04. The van der Waals surface area contributed by atoms with Crippen molar-refractivity contribution in [2.24, 2.45) is 0 Å². The van der Waals surface area contributed by atoms with Crippen molar-refractivity contribution in [1.82, 2.24) is 5.32 Å². The molecule has 0 heterocycles. The molecule has 28 heavy (non-hydrogen) atoms. The summed E-state index contributed by atoms with van der Waals surface area (Å²) in [5, 5.41) is 2.49. The zero-order chi connectivity index (χ0) is 20.7. The van der Waals surface area contributed by atoms with Crippen LogP contribution in [0.3, 0.4) is 0 Å². The number of nitrogens with one attached hydrogen (secondary N) is 1. The number of ether oxygens (including phenoxy) is 2. The molecular formula is C22H25NO5. The fourth-order valence-electron chi connectivity index (χ4n) is 2.53. The van der Waals surface area contributed by atoms with Crippen LogP contribution < -0.4 is 10.1 Å². The Bertz CT molecular complexity index is 850. The third-order valence-electron chi connectivity index (χ3n) is 4.18. The van der Waals surface area contributed by atoms with Gasteiger partial charge in [0.25, 0.3) is 5.91 Å². The molecule has 0 atom stereocenters. The Labute approximate surface area is 164 Å². The maximum atomic E-state index is 12.2. The van der Waals surface area contributed by atoms with Crippen molar-refractivity contribution in [1.29, 1.82) is 0 Å². The maximum absolute atomic E-state index is 12.2. The van der Waals surface area contributed by atoms with Gasteiger partial charge in [0.05, 0.1) is 12.7 Å². The van der Waals surface area contributed by atoms with Crippen molar-refractivity contribution in [3.8, 4) is 5.75 Å². The molecule has 0 aromatic heterocycles. The Morgan fingerprint density at radius 1 is 0.964 bits per heavy atom. The molecule has 0 spiro atoms. The largest absolute Gasteiger partial charge is 0.496 e. The van der Waals surface area contributed by atoms with Crippen LogP contribution >= 0.6 is 0 Å². The van der Waals surface area contributed by atoms with E-state index in [9.17, 15) is 14.4 Å². The Morgan fingerprint density at radius 2 is 1.61 bits per heavy atom. The second kappa shape index (κ2) is 9.17. The molecule has 148 valence electrons. The van der Waals surface area contributed by atoms with Gasteiger partial charge >= 0.3 is 5.97 Å². The predicted molar refractivity (Wildman–Crippen MR) is 106 cm³/mol. The summed E-state index contributed by atoms with van der Waals surface area (Å²) in [7, 11) is 1.46. The molecule has 0 aliphatic carbocycles. The molecule has 0 fully saturated rings. The van der Waals surface area contributed by atoms with E-state index in [1.54, 1.807) is 36.4 Å². The third kappa shape index (κ3) is 5.67. The van der Waals surface area contributed by atoms with Crippen LogP contribution in [0.2, 0.25) is 0 Å². The van der Waals surface area contributed by atoms with Gasteiger partial charge in [-0.3, -0.25) is 14.4 Å². The van der Waals surface area contributed by atoms with Gasteiger partial charge in [0.2, 0.25) is 5.78 Å². The normalized spacial score (nSPS) is 10.9. The molecule has 0 radical (unpaired) electrons. The molecular weight excluding hydrogens is 358 g/mol. The minimum absolute atomic E-state index is 0.00716. The van der Waals surface area contributed by atoms with Crippen LogP contribution in [-0.4, -0.2) is 37.9 Å². The molecule has 6 heteroatoms. The van der Waals surface area contributed by atoms with E-state index >= 15 is 0 Å². The highest BCUT2D eigenvalue weighted by atomic mass is 16.5. The summed E-state index contributed by atoms with van der Waals surface area (Å²) in [5.41, 5.74) is 1.89. The van der Waals surface area contributed by atoms with Crippen LogP contribution in [0.4, 0.5) is 0 Å². The predicted octanol–water partition coefficient (Wildman–Crippen LogP) is 3.15. The van der Waals surface area contributed by atoms with Crippen LogP contribution in [0, 0.1) is 0 Å². The van der Waals surface area contributed by atoms with Crippen LogP contribution in [0.1, 0.15) is 47.1 Å². The number of hydrogen-bond donors (Lipinski definition) is 1. The Hall–Kier alpha value is -3.15. The molecule has 0 aliphatic heterocycles. The first-order chi connectivity index (χ1) is 13.2. The van der Waals surface area contributed by atoms with Gasteiger partial charge in [-0.25, -0.2) is 0 Å². The SMILES string of the molecule is COc1ccccc1C(=O)COC(=O)CNC(=O)c1ccc(C(C)(C)C)cc1. The lowest BCUT2D eigenvalue weighted by atomic mass is 9.87. The summed E-state index contributed by atoms with van der Waals surface area (Å²) in [4.78, 5) is 36.1. The van der Waals surface area contributed by atoms with E-state index in [2.05, 4.69) is 26.1 Å². The topological polar surface area (TPSA) is 81.7 Å². The number of esters is 1. The molecule has 2 aromatic rings. The van der Waals surface area contributed by atoms with E-state index < -0.39 is 12.6 Å². The fraction of sp³-hybridized carbons (Fsp3) is 0.318. The first kappa shape index (κ1) is 21.2. The number of Topliss-reactive ketones (excluding diaryl/α,β-unsaturated/α-hetero) is 1. The minimum atomic E-state index is -0.692. The second-order valence-electron chi connectivity index (χ2n) is 7.29. The number of hydrogen-bond acceptors (Lipinski definition) is 5. The van der Waals surface area contributed by atoms with Gasteiger partial charge in [0, 0.05) is 5.56 Å². The zero-order valence-corrected chi connectivity index (χ0v) is 16.6. The summed E-state index contributed by atoms with van der Waals surface area (Å²) in [6, 6.07) is 13.9. The number of methoxy groups -OCH3 is 1. The quantitative estimate of drug-likeness (QED) is 0.587. The number of ketones is 1. The molecule has 1 N–H and O–H groups in total. The molecule has 2 aromatic carbocycles. The molecule has 0 bridgehead atoms. The van der Waals surface area contributed by atoms with Crippen molar-refractivity contribution in [2.75, 3.05) is 20.3 Å². The van der Waals surface area contributed by atoms with Gasteiger partial charge in [-0.2, -0.15) is 0 Å². The second-order valence-corrected chi connectivity index (χ2v) is 7.29. The van der Waals surface area contributed by atoms with Gasteiger partial charge in [0.15, 0.2) is 6.61 Å². The molecule has 0 aliphatic rings. The number of carbonyl (C=O) groups is 3. The van der Waals surface area contributed by atoms with Gasteiger partial charge in [0.1, 0.15) is 12.3 Å². The van der Waals surface area contributed by atoms with Crippen LogP contribution in [0.25, 0.3) is 0 Å². The van der Waals surface area contributed by atoms with E-state index in [-0.39, 0.29) is 23.7 Å². The van der Waals surface area contributed by atoms with Crippen molar-refractivity contribution >= 4 is 17.7 Å². The highest BCUT2D eigenvalue weighted by Gasteiger charge is 2.16. The third-order valence-corrected chi connectivity index (χ3v) is 4.18. The number of amides is 1. The molecule has 1 amide bonds. The highest BCUT2D eigenvalue weighted by molar-refractivity contribution is 6.00. The van der Waals surface area contributed by atoms with Crippen molar-refractivity contribution in [2.45, 2.75) is 26.2 Å². The van der Waals surface area contributed by atoms with E-state index in [1.165, 1.54) is 7.11 Å². The van der Waals surface area contributed by atoms with E-state index in [0.717, 1.165) is 5.56 Å². The standard InChI is InChI=1S/C22H25NO5/c1-22(2,3)16-11-9-15(10-12-16)21(26)23-13-20(25)28-14-18(24)17-7-5-6-8-19(17)27-4/h5-12H,13-14H2,1-4H3,(H,23,26). The average Bonchev–Trinajstić information content (AvgIpc) is 2.69. The van der Waals surface area contributed by atoms with E-state index in [4.69, 9.17) is 9.47 Å². The molecule has 0 saturated carbocycles.